The third-order valence-corrected chi connectivity index (χ3v) is 3.65. The number of hydrogen-bond acceptors (Lipinski definition) is 2. The van der Waals surface area contributed by atoms with Crippen LogP contribution in [-0.4, -0.2) is 7.11 Å². The molecule has 0 saturated carbocycles. The monoisotopic (exact) mass is 275 g/mol. The van der Waals surface area contributed by atoms with E-state index in [4.69, 9.17) is 22.1 Å². The average molecular weight is 276 g/mol. The van der Waals surface area contributed by atoms with Gasteiger partial charge in [-0.25, -0.2) is 0 Å². The second kappa shape index (κ2) is 6.09. The van der Waals surface area contributed by atoms with Crippen molar-refractivity contribution in [1.29, 1.82) is 0 Å². The largest absolute Gasteiger partial charge is 0.497 e. The topological polar surface area (TPSA) is 35.2 Å². The van der Waals surface area contributed by atoms with Gasteiger partial charge in [0.15, 0.2) is 0 Å². The summed E-state index contributed by atoms with van der Waals surface area (Å²) >= 11 is 6.13. The van der Waals surface area contributed by atoms with Crippen molar-refractivity contribution in [3.63, 3.8) is 0 Å². The Labute approximate surface area is 119 Å². The van der Waals surface area contributed by atoms with Crippen LogP contribution < -0.4 is 10.5 Å². The molecule has 0 aliphatic carbocycles. The van der Waals surface area contributed by atoms with Crippen molar-refractivity contribution in [1.82, 2.24) is 0 Å². The third-order valence-electron chi connectivity index (χ3n) is 3.24. The fraction of sp³-hybridized carbons (Fsp3) is 0.250. The number of aryl methyl sites for hydroxylation is 1. The lowest BCUT2D eigenvalue weighted by Gasteiger charge is -2.13. The van der Waals surface area contributed by atoms with E-state index in [1.54, 1.807) is 7.11 Å². The summed E-state index contributed by atoms with van der Waals surface area (Å²) in [6.07, 6.45) is 0.781. The minimum atomic E-state index is -0.0495. The number of rotatable bonds is 4. The Balaban J connectivity index is 2.10. The Morgan fingerprint density at radius 3 is 2.42 bits per heavy atom. The highest BCUT2D eigenvalue weighted by Crippen LogP contribution is 2.23. The molecule has 2 aromatic rings. The molecular weight excluding hydrogens is 258 g/mol. The standard InChI is InChI=1S/C16H18ClNO/c1-11-3-6-13(10-15(11)17)16(18)9-12-4-7-14(19-2)8-5-12/h3-8,10,16H,9,18H2,1-2H3. The van der Waals surface area contributed by atoms with Gasteiger partial charge in [-0.15, -0.1) is 0 Å². The first-order valence-electron chi connectivity index (χ1n) is 6.24. The van der Waals surface area contributed by atoms with Crippen LogP contribution in [0.2, 0.25) is 5.02 Å². The summed E-state index contributed by atoms with van der Waals surface area (Å²) in [6.45, 7) is 1.99. The Morgan fingerprint density at radius 1 is 1.16 bits per heavy atom. The van der Waals surface area contributed by atoms with Gasteiger partial charge in [0.25, 0.3) is 0 Å². The summed E-state index contributed by atoms with van der Waals surface area (Å²) in [5.74, 6) is 0.857. The van der Waals surface area contributed by atoms with E-state index in [-0.39, 0.29) is 6.04 Å². The zero-order valence-electron chi connectivity index (χ0n) is 11.2. The fourth-order valence-electron chi connectivity index (χ4n) is 1.97. The lowest BCUT2D eigenvalue weighted by molar-refractivity contribution is 0.414. The molecule has 0 fully saturated rings. The van der Waals surface area contributed by atoms with E-state index in [9.17, 15) is 0 Å². The maximum absolute atomic E-state index is 6.23. The van der Waals surface area contributed by atoms with Gasteiger partial charge >= 0.3 is 0 Å². The van der Waals surface area contributed by atoms with Crippen LogP contribution in [0.1, 0.15) is 22.7 Å². The van der Waals surface area contributed by atoms with E-state index in [0.29, 0.717) is 0 Å². The van der Waals surface area contributed by atoms with Crippen LogP contribution in [0.15, 0.2) is 42.5 Å². The third kappa shape index (κ3) is 3.49. The highest BCUT2D eigenvalue weighted by Gasteiger charge is 2.08. The van der Waals surface area contributed by atoms with Gasteiger partial charge in [-0.05, 0) is 48.2 Å². The van der Waals surface area contributed by atoms with Gasteiger partial charge in [0, 0.05) is 11.1 Å². The highest BCUT2D eigenvalue weighted by atomic mass is 35.5. The number of methoxy groups -OCH3 is 1. The maximum Gasteiger partial charge on any atom is 0.118 e. The first-order valence-corrected chi connectivity index (χ1v) is 6.62. The molecule has 0 heterocycles. The van der Waals surface area contributed by atoms with Crippen molar-refractivity contribution in [3.05, 3.63) is 64.2 Å². The summed E-state index contributed by atoms with van der Waals surface area (Å²) in [5, 5.41) is 0.766. The molecule has 0 amide bonds. The first-order chi connectivity index (χ1) is 9.10. The lowest BCUT2D eigenvalue weighted by atomic mass is 9.99. The highest BCUT2D eigenvalue weighted by molar-refractivity contribution is 6.31. The van der Waals surface area contributed by atoms with Crippen LogP contribution in [0.5, 0.6) is 5.75 Å². The second-order valence-electron chi connectivity index (χ2n) is 4.67. The van der Waals surface area contributed by atoms with E-state index in [1.807, 2.05) is 49.4 Å². The molecule has 1 unspecified atom stereocenters. The number of nitrogens with two attached hydrogens (primary N) is 1. The summed E-state index contributed by atoms with van der Waals surface area (Å²) in [5.41, 5.74) is 9.54. The van der Waals surface area contributed by atoms with Crippen molar-refractivity contribution >= 4 is 11.6 Å². The maximum atomic E-state index is 6.23. The lowest BCUT2D eigenvalue weighted by Crippen LogP contribution is -2.13. The van der Waals surface area contributed by atoms with Crippen LogP contribution in [0.4, 0.5) is 0 Å². The van der Waals surface area contributed by atoms with Crippen LogP contribution in [0.25, 0.3) is 0 Å². The van der Waals surface area contributed by atoms with Gasteiger partial charge < -0.3 is 10.5 Å². The van der Waals surface area contributed by atoms with Gasteiger partial charge in [-0.1, -0.05) is 35.9 Å². The molecule has 1 atom stereocenters. The van der Waals surface area contributed by atoms with E-state index in [1.165, 1.54) is 5.56 Å². The number of halogens is 1. The molecule has 19 heavy (non-hydrogen) atoms. The van der Waals surface area contributed by atoms with Crippen molar-refractivity contribution in [2.45, 2.75) is 19.4 Å². The normalized spacial score (nSPS) is 12.2. The molecule has 0 aliphatic heterocycles. The predicted octanol–water partition coefficient (Wildman–Crippen LogP) is 3.90. The molecule has 2 aromatic carbocycles. The van der Waals surface area contributed by atoms with Crippen molar-refractivity contribution in [2.24, 2.45) is 5.73 Å². The number of ether oxygens (including phenoxy) is 1. The molecule has 0 radical (unpaired) electrons. The summed E-state index contributed by atoms with van der Waals surface area (Å²) < 4.78 is 5.14. The van der Waals surface area contributed by atoms with Crippen molar-refractivity contribution < 1.29 is 4.74 Å². The average Bonchev–Trinajstić information content (AvgIpc) is 2.42. The first kappa shape index (κ1) is 13.9. The van der Waals surface area contributed by atoms with Gasteiger partial charge in [-0.2, -0.15) is 0 Å². The predicted molar refractivity (Wildman–Crippen MR) is 79.8 cm³/mol. The Morgan fingerprint density at radius 2 is 1.84 bits per heavy atom. The summed E-state index contributed by atoms with van der Waals surface area (Å²) in [7, 11) is 1.66. The number of benzene rings is 2. The molecular formula is C16H18ClNO. The van der Waals surface area contributed by atoms with Crippen LogP contribution in [0.3, 0.4) is 0 Å². The van der Waals surface area contributed by atoms with E-state index in [0.717, 1.165) is 28.3 Å². The molecule has 0 aromatic heterocycles. The van der Waals surface area contributed by atoms with Crippen LogP contribution in [-0.2, 0) is 6.42 Å². The van der Waals surface area contributed by atoms with E-state index in [2.05, 4.69) is 0 Å². The Kier molecular flexibility index (Phi) is 4.46. The fourth-order valence-corrected chi connectivity index (χ4v) is 2.16. The SMILES string of the molecule is COc1ccc(CC(N)c2ccc(C)c(Cl)c2)cc1. The zero-order chi connectivity index (χ0) is 13.8. The van der Waals surface area contributed by atoms with Crippen LogP contribution in [0, 0.1) is 6.92 Å². The quantitative estimate of drug-likeness (QED) is 0.918. The minimum Gasteiger partial charge on any atom is -0.497 e. The molecule has 100 valence electrons. The Bertz CT molecular complexity index is 551. The van der Waals surface area contributed by atoms with Gasteiger partial charge in [0.1, 0.15) is 5.75 Å². The Hall–Kier alpha value is -1.51. The molecule has 2 N–H and O–H groups in total. The summed E-state index contributed by atoms with van der Waals surface area (Å²) in [4.78, 5) is 0. The molecule has 0 bridgehead atoms. The molecule has 0 aliphatic rings. The van der Waals surface area contributed by atoms with Crippen molar-refractivity contribution in [3.8, 4) is 5.75 Å². The minimum absolute atomic E-state index is 0.0495. The number of hydrogen-bond donors (Lipinski definition) is 1. The molecule has 2 rings (SSSR count). The summed E-state index contributed by atoms with van der Waals surface area (Å²) in [6, 6.07) is 13.9. The van der Waals surface area contributed by atoms with Gasteiger partial charge in [-0.3, -0.25) is 0 Å². The molecule has 3 heteroatoms. The second-order valence-corrected chi connectivity index (χ2v) is 5.07. The van der Waals surface area contributed by atoms with Gasteiger partial charge in [0.2, 0.25) is 0 Å². The zero-order valence-corrected chi connectivity index (χ0v) is 11.9. The smallest absolute Gasteiger partial charge is 0.118 e. The van der Waals surface area contributed by atoms with E-state index < -0.39 is 0 Å². The molecule has 0 saturated heterocycles. The van der Waals surface area contributed by atoms with E-state index >= 15 is 0 Å². The van der Waals surface area contributed by atoms with Crippen molar-refractivity contribution in [2.75, 3.05) is 7.11 Å². The van der Waals surface area contributed by atoms with Gasteiger partial charge in [0.05, 0.1) is 7.11 Å². The molecule has 2 nitrogen and oxygen atoms in total. The molecule has 0 spiro atoms. The van der Waals surface area contributed by atoms with Crippen LogP contribution >= 0.6 is 11.6 Å².